The van der Waals surface area contributed by atoms with Crippen LogP contribution in [-0.4, -0.2) is 11.6 Å². The van der Waals surface area contributed by atoms with Gasteiger partial charge in [-0.2, -0.15) is 0 Å². The van der Waals surface area contributed by atoms with Gasteiger partial charge in [0.05, 0.1) is 0 Å². The molecule has 0 aliphatic heterocycles. The van der Waals surface area contributed by atoms with Crippen molar-refractivity contribution in [2.75, 3.05) is 0 Å². The van der Waals surface area contributed by atoms with Crippen LogP contribution < -0.4 is 0 Å². The summed E-state index contributed by atoms with van der Waals surface area (Å²) < 4.78 is 0. The molecule has 0 aromatic heterocycles. The van der Waals surface area contributed by atoms with Crippen LogP contribution >= 0.6 is 0 Å². The summed E-state index contributed by atoms with van der Waals surface area (Å²) in [5.41, 5.74) is 14.0. The van der Waals surface area contributed by atoms with E-state index in [4.69, 9.17) is 0 Å². The third kappa shape index (κ3) is 8.78. The van der Waals surface area contributed by atoms with Crippen molar-refractivity contribution in [2.45, 2.75) is 163 Å². The van der Waals surface area contributed by atoms with Gasteiger partial charge in [-0.15, -0.1) is 0 Å². The summed E-state index contributed by atoms with van der Waals surface area (Å²) in [7, 11) is 0. The maximum Gasteiger partial charge on any atom is 0.189 e. The molecule has 0 N–H and O–H groups in total. The van der Waals surface area contributed by atoms with Crippen molar-refractivity contribution in [3.8, 4) is 22.3 Å². The molecule has 2 fully saturated rings. The first kappa shape index (κ1) is 42.1. The van der Waals surface area contributed by atoms with Gasteiger partial charge in [-0.25, -0.2) is 0 Å². The van der Waals surface area contributed by atoms with E-state index in [0.717, 1.165) is 42.4 Å². The molecule has 0 heterocycles. The molecule has 0 radical (unpaired) electrons. The van der Waals surface area contributed by atoms with E-state index in [1.165, 1.54) is 115 Å². The van der Waals surface area contributed by atoms with Crippen molar-refractivity contribution >= 4 is 11.6 Å². The standard InChI is InChI=1S/C28H36O.C28H34O/c2*1-5-28(16-7-6-8-17-28)19-21-18-25-23(10-9-11-24(25)26(21)29)20-12-14-22(15-13-20)27(2,3)4/h9-15,21H,5-8,16-19H2,1-4H3;9-15,19H,5-8,16-18H2,1-4H3/b;21-19+. The number of allylic oxidation sites excluding steroid dienone is 2. The summed E-state index contributed by atoms with van der Waals surface area (Å²) in [6.45, 7) is 18.1. The molecule has 4 aliphatic rings. The molecule has 0 bridgehead atoms. The van der Waals surface area contributed by atoms with Crippen LogP contribution in [0.4, 0.5) is 0 Å². The van der Waals surface area contributed by atoms with Crippen LogP contribution in [-0.2, 0) is 23.7 Å². The molecule has 2 saturated carbocycles. The molecule has 2 heteroatoms. The molecule has 4 aromatic rings. The zero-order chi connectivity index (χ0) is 41.3. The van der Waals surface area contributed by atoms with Crippen molar-refractivity contribution in [1.82, 2.24) is 0 Å². The number of hydrogen-bond acceptors (Lipinski definition) is 2. The molecule has 58 heavy (non-hydrogen) atoms. The lowest BCUT2D eigenvalue weighted by Crippen LogP contribution is -2.28. The fourth-order valence-electron chi connectivity index (χ4n) is 10.9. The Labute approximate surface area is 351 Å². The van der Waals surface area contributed by atoms with Gasteiger partial charge in [0, 0.05) is 29.0 Å². The number of hydrogen-bond donors (Lipinski definition) is 0. The van der Waals surface area contributed by atoms with E-state index in [0.29, 0.717) is 11.2 Å². The second-order valence-corrected chi connectivity index (χ2v) is 20.7. The average molecular weight is 775 g/mol. The number of rotatable bonds is 7. The lowest BCUT2D eigenvalue weighted by atomic mass is 9.67. The predicted octanol–water partition coefficient (Wildman–Crippen LogP) is 15.4. The summed E-state index contributed by atoms with van der Waals surface area (Å²) in [5.74, 6) is 0.830. The largest absolute Gasteiger partial charge is 0.294 e. The van der Waals surface area contributed by atoms with Gasteiger partial charge in [0.1, 0.15) is 0 Å². The third-order valence-corrected chi connectivity index (χ3v) is 14.8. The van der Waals surface area contributed by atoms with E-state index in [1.54, 1.807) is 0 Å². The van der Waals surface area contributed by atoms with Gasteiger partial charge < -0.3 is 0 Å². The first-order valence-corrected chi connectivity index (χ1v) is 22.9. The Morgan fingerprint density at radius 3 is 1.55 bits per heavy atom. The monoisotopic (exact) mass is 775 g/mol. The number of ketones is 2. The Morgan fingerprint density at radius 1 is 0.569 bits per heavy atom. The van der Waals surface area contributed by atoms with Crippen LogP contribution in [0.25, 0.3) is 22.3 Å². The Bertz CT molecular complexity index is 2120. The number of Topliss-reactive ketones (excluding diaryl/α,β-unsaturated/α-hetero) is 2. The van der Waals surface area contributed by atoms with Crippen LogP contribution in [0, 0.1) is 16.7 Å². The van der Waals surface area contributed by atoms with Crippen LogP contribution in [0.15, 0.2) is 96.6 Å². The highest BCUT2D eigenvalue weighted by molar-refractivity contribution is 6.14. The van der Waals surface area contributed by atoms with E-state index < -0.39 is 0 Å². The van der Waals surface area contributed by atoms with Gasteiger partial charge in [-0.3, -0.25) is 9.59 Å². The van der Waals surface area contributed by atoms with Gasteiger partial charge in [-0.1, -0.05) is 191 Å². The summed E-state index contributed by atoms with van der Waals surface area (Å²) in [6, 6.07) is 30.5. The molecule has 4 aliphatic carbocycles. The minimum absolute atomic E-state index is 0.150. The highest BCUT2D eigenvalue weighted by Crippen LogP contribution is 2.48. The highest BCUT2D eigenvalue weighted by atomic mass is 16.1. The molecule has 0 saturated heterocycles. The molecule has 0 spiro atoms. The van der Waals surface area contributed by atoms with Crippen LogP contribution in [0.5, 0.6) is 0 Å². The molecule has 306 valence electrons. The van der Waals surface area contributed by atoms with Gasteiger partial charge in [0.15, 0.2) is 11.6 Å². The second-order valence-electron chi connectivity index (χ2n) is 20.7. The lowest BCUT2D eigenvalue weighted by molar-refractivity contribution is 0.0827. The number of benzene rings is 4. The third-order valence-electron chi connectivity index (χ3n) is 14.8. The molecule has 4 aromatic carbocycles. The predicted molar refractivity (Wildman–Crippen MR) is 245 cm³/mol. The molecular formula is C56H70O2. The molecule has 2 nitrogen and oxygen atoms in total. The van der Waals surface area contributed by atoms with Crippen molar-refractivity contribution in [1.29, 1.82) is 0 Å². The van der Waals surface area contributed by atoms with Crippen molar-refractivity contribution in [3.05, 3.63) is 130 Å². The van der Waals surface area contributed by atoms with E-state index >= 15 is 0 Å². The maximum atomic E-state index is 13.3. The van der Waals surface area contributed by atoms with Crippen LogP contribution in [0.3, 0.4) is 0 Å². The van der Waals surface area contributed by atoms with Gasteiger partial charge in [-0.05, 0) is 111 Å². The summed E-state index contributed by atoms with van der Waals surface area (Å²) >= 11 is 0. The summed E-state index contributed by atoms with van der Waals surface area (Å²) in [6.07, 6.45) is 20.6. The van der Waals surface area contributed by atoms with Gasteiger partial charge in [0.25, 0.3) is 0 Å². The Balaban J connectivity index is 0.000000177. The maximum absolute atomic E-state index is 13.3. The minimum Gasteiger partial charge on any atom is -0.294 e. The molecule has 0 amide bonds. The van der Waals surface area contributed by atoms with Crippen LogP contribution in [0.2, 0.25) is 0 Å². The van der Waals surface area contributed by atoms with Crippen molar-refractivity contribution in [2.24, 2.45) is 16.7 Å². The van der Waals surface area contributed by atoms with Crippen molar-refractivity contribution in [3.63, 3.8) is 0 Å². The normalized spacial score (nSPS) is 20.7. The SMILES string of the molecule is CCC1(/C=C2\Cc3c(cccc3-c3ccc(C(C)(C)C)cc3)C2=O)CCCCC1.CCC1(CC2Cc3c(cccc3-c3ccc(C(C)(C)C)cc3)C2=O)CCCCC1. The van der Waals surface area contributed by atoms with E-state index in [2.05, 4.69) is 134 Å². The minimum atomic E-state index is 0.150. The first-order valence-electron chi connectivity index (χ1n) is 22.9. The number of carbonyl (C=O) groups excluding carboxylic acids is 2. The highest BCUT2D eigenvalue weighted by Gasteiger charge is 2.40. The molecule has 1 unspecified atom stereocenters. The van der Waals surface area contributed by atoms with Gasteiger partial charge >= 0.3 is 0 Å². The zero-order valence-electron chi connectivity index (χ0n) is 37.2. The zero-order valence-corrected chi connectivity index (χ0v) is 37.2. The first-order chi connectivity index (χ1) is 27.7. The Morgan fingerprint density at radius 2 is 1.05 bits per heavy atom. The van der Waals surface area contributed by atoms with Crippen LogP contribution in [0.1, 0.15) is 182 Å². The van der Waals surface area contributed by atoms with E-state index in [-0.39, 0.29) is 27.9 Å². The smallest absolute Gasteiger partial charge is 0.189 e. The second kappa shape index (κ2) is 16.9. The quantitative estimate of drug-likeness (QED) is 0.175. The van der Waals surface area contributed by atoms with E-state index in [1.807, 2.05) is 12.1 Å². The fraction of sp³-hybridized carbons (Fsp3) is 0.500. The summed E-state index contributed by atoms with van der Waals surface area (Å²) in [4.78, 5) is 26.5. The number of fused-ring (bicyclic) bond motifs is 2. The topological polar surface area (TPSA) is 34.1 Å². The van der Waals surface area contributed by atoms with Crippen molar-refractivity contribution < 1.29 is 9.59 Å². The lowest BCUT2D eigenvalue weighted by Gasteiger charge is -2.38. The summed E-state index contributed by atoms with van der Waals surface area (Å²) in [5, 5.41) is 0. The molecular weight excluding hydrogens is 705 g/mol. The van der Waals surface area contributed by atoms with Gasteiger partial charge in [0.2, 0.25) is 0 Å². The Kier molecular flexibility index (Phi) is 12.3. The molecule has 1 atom stereocenters. The Hall–Kier alpha value is -4.04. The fourth-order valence-corrected chi connectivity index (χ4v) is 10.9. The van der Waals surface area contributed by atoms with E-state index in [9.17, 15) is 9.59 Å². The number of carbonyl (C=O) groups is 2. The molecule has 8 rings (SSSR count). The average Bonchev–Trinajstić information content (AvgIpc) is 3.72.